The highest BCUT2D eigenvalue weighted by atomic mass is 35.5. The summed E-state index contributed by atoms with van der Waals surface area (Å²) in [6, 6.07) is 10.1. The Labute approximate surface area is 102 Å². The maximum atomic E-state index is 13.4. The minimum absolute atomic E-state index is 0.0596. The molecular weight excluding hydrogens is 244 g/mol. The van der Waals surface area contributed by atoms with E-state index in [1.54, 1.807) is 12.1 Å². The van der Waals surface area contributed by atoms with E-state index in [9.17, 15) is 8.78 Å². The van der Waals surface area contributed by atoms with Crippen LogP contribution in [0.4, 0.5) is 8.78 Å². The standard InChI is InChI=1S/C13H6ClF2N/c14-11-6-8(4-5-13(11)16)9-2-1-3-12(15)10(9)7-17/h1-6H. The highest BCUT2D eigenvalue weighted by molar-refractivity contribution is 6.31. The van der Waals surface area contributed by atoms with E-state index in [0.29, 0.717) is 11.1 Å². The summed E-state index contributed by atoms with van der Waals surface area (Å²) >= 11 is 5.65. The minimum Gasteiger partial charge on any atom is -0.206 e. The lowest BCUT2D eigenvalue weighted by Gasteiger charge is -2.05. The molecule has 84 valence electrons. The Morgan fingerprint density at radius 1 is 1.06 bits per heavy atom. The van der Waals surface area contributed by atoms with Gasteiger partial charge in [0.05, 0.1) is 10.6 Å². The molecule has 0 heterocycles. The van der Waals surface area contributed by atoms with Gasteiger partial charge in [-0.1, -0.05) is 29.8 Å². The van der Waals surface area contributed by atoms with Crippen LogP contribution in [0.15, 0.2) is 36.4 Å². The predicted molar refractivity (Wildman–Crippen MR) is 61.5 cm³/mol. The average molecular weight is 250 g/mol. The molecule has 0 aromatic heterocycles. The summed E-state index contributed by atoms with van der Waals surface area (Å²) in [6.45, 7) is 0. The number of hydrogen-bond acceptors (Lipinski definition) is 1. The molecule has 0 unspecified atom stereocenters. The maximum absolute atomic E-state index is 13.4. The SMILES string of the molecule is N#Cc1c(F)cccc1-c1ccc(F)c(Cl)c1. The molecule has 0 bridgehead atoms. The number of halogens is 3. The molecule has 1 nitrogen and oxygen atoms in total. The highest BCUT2D eigenvalue weighted by Gasteiger charge is 2.11. The second-order valence-electron chi connectivity index (χ2n) is 3.40. The van der Waals surface area contributed by atoms with E-state index in [-0.39, 0.29) is 10.6 Å². The van der Waals surface area contributed by atoms with E-state index < -0.39 is 11.6 Å². The Kier molecular flexibility index (Phi) is 3.08. The molecule has 2 aromatic rings. The summed E-state index contributed by atoms with van der Waals surface area (Å²) in [4.78, 5) is 0. The largest absolute Gasteiger partial charge is 0.206 e. The summed E-state index contributed by atoms with van der Waals surface area (Å²) in [5.41, 5.74) is 0.831. The van der Waals surface area contributed by atoms with E-state index >= 15 is 0 Å². The molecule has 17 heavy (non-hydrogen) atoms. The zero-order valence-electron chi connectivity index (χ0n) is 8.55. The van der Waals surface area contributed by atoms with Gasteiger partial charge in [0.15, 0.2) is 0 Å². The fourth-order valence-electron chi connectivity index (χ4n) is 1.54. The van der Waals surface area contributed by atoms with Crippen LogP contribution in [0.25, 0.3) is 11.1 Å². The van der Waals surface area contributed by atoms with E-state index in [2.05, 4.69) is 0 Å². The van der Waals surface area contributed by atoms with Gasteiger partial charge in [0.1, 0.15) is 17.7 Å². The van der Waals surface area contributed by atoms with Crippen molar-refractivity contribution in [2.75, 3.05) is 0 Å². The lowest BCUT2D eigenvalue weighted by Crippen LogP contribution is -1.89. The van der Waals surface area contributed by atoms with Gasteiger partial charge in [-0.3, -0.25) is 0 Å². The molecule has 0 atom stereocenters. The smallest absolute Gasteiger partial charge is 0.141 e. The van der Waals surface area contributed by atoms with Crippen molar-refractivity contribution < 1.29 is 8.78 Å². The molecule has 2 rings (SSSR count). The van der Waals surface area contributed by atoms with Crippen LogP contribution in [0, 0.1) is 23.0 Å². The molecule has 0 radical (unpaired) electrons. The van der Waals surface area contributed by atoms with Crippen LogP contribution >= 0.6 is 11.6 Å². The minimum atomic E-state index is -0.606. The number of rotatable bonds is 1. The molecule has 0 fully saturated rings. The van der Waals surface area contributed by atoms with Gasteiger partial charge in [-0.2, -0.15) is 5.26 Å². The summed E-state index contributed by atoms with van der Waals surface area (Å²) in [7, 11) is 0. The third kappa shape index (κ3) is 2.13. The average Bonchev–Trinajstić information content (AvgIpc) is 2.32. The van der Waals surface area contributed by atoms with E-state index in [4.69, 9.17) is 16.9 Å². The first-order valence-electron chi connectivity index (χ1n) is 4.77. The van der Waals surface area contributed by atoms with Crippen LogP contribution < -0.4 is 0 Å². The molecule has 0 saturated heterocycles. The van der Waals surface area contributed by atoms with E-state index in [1.165, 1.54) is 30.3 Å². The Bertz CT molecular complexity index is 617. The third-order valence-corrected chi connectivity index (χ3v) is 2.65. The second kappa shape index (κ2) is 4.52. The number of benzene rings is 2. The van der Waals surface area contributed by atoms with E-state index in [1.807, 2.05) is 0 Å². The van der Waals surface area contributed by atoms with Gasteiger partial charge in [0, 0.05) is 5.56 Å². The van der Waals surface area contributed by atoms with Crippen molar-refractivity contribution in [2.45, 2.75) is 0 Å². The fourth-order valence-corrected chi connectivity index (χ4v) is 1.72. The van der Waals surface area contributed by atoms with Gasteiger partial charge >= 0.3 is 0 Å². The fraction of sp³-hybridized carbons (Fsp3) is 0. The molecule has 0 aliphatic carbocycles. The first-order chi connectivity index (χ1) is 8.13. The van der Waals surface area contributed by atoms with Crippen LogP contribution in [-0.2, 0) is 0 Å². The Balaban J connectivity index is 2.65. The molecule has 2 aromatic carbocycles. The topological polar surface area (TPSA) is 23.8 Å². The molecule has 0 aliphatic heterocycles. The normalized spacial score (nSPS) is 10.0. The van der Waals surface area contributed by atoms with Gasteiger partial charge in [-0.25, -0.2) is 8.78 Å². The van der Waals surface area contributed by atoms with Gasteiger partial charge in [-0.05, 0) is 23.8 Å². The van der Waals surface area contributed by atoms with Gasteiger partial charge < -0.3 is 0 Å². The van der Waals surface area contributed by atoms with Crippen molar-refractivity contribution in [3.63, 3.8) is 0 Å². The monoisotopic (exact) mass is 249 g/mol. The first-order valence-corrected chi connectivity index (χ1v) is 5.15. The lowest BCUT2D eigenvalue weighted by molar-refractivity contribution is 0.624. The second-order valence-corrected chi connectivity index (χ2v) is 3.81. The van der Waals surface area contributed by atoms with Crippen molar-refractivity contribution >= 4 is 11.6 Å². The Hall–Kier alpha value is -1.92. The van der Waals surface area contributed by atoms with Crippen LogP contribution in [-0.4, -0.2) is 0 Å². The summed E-state index contributed by atoms with van der Waals surface area (Å²) < 4.78 is 26.4. The molecular formula is C13H6ClF2N. The molecule has 4 heteroatoms. The summed E-state index contributed by atoms with van der Waals surface area (Å²) in [5.74, 6) is -1.16. The number of nitrogens with zero attached hydrogens (tertiary/aromatic N) is 1. The Morgan fingerprint density at radius 3 is 2.47 bits per heavy atom. The summed E-state index contributed by atoms with van der Waals surface area (Å²) in [6.07, 6.45) is 0. The molecule has 0 saturated carbocycles. The highest BCUT2D eigenvalue weighted by Crippen LogP contribution is 2.28. The van der Waals surface area contributed by atoms with Crippen molar-refractivity contribution in [1.29, 1.82) is 5.26 Å². The molecule has 0 amide bonds. The molecule has 0 spiro atoms. The van der Waals surface area contributed by atoms with Crippen LogP contribution in [0.5, 0.6) is 0 Å². The van der Waals surface area contributed by atoms with Crippen molar-refractivity contribution in [3.05, 3.63) is 58.6 Å². The Morgan fingerprint density at radius 2 is 1.82 bits per heavy atom. The molecule has 0 N–H and O–H groups in total. The van der Waals surface area contributed by atoms with Gasteiger partial charge in [-0.15, -0.1) is 0 Å². The van der Waals surface area contributed by atoms with Crippen LogP contribution in [0.1, 0.15) is 5.56 Å². The van der Waals surface area contributed by atoms with Crippen LogP contribution in [0.3, 0.4) is 0 Å². The van der Waals surface area contributed by atoms with Gasteiger partial charge in [0.25, 0.3) is 0 Å². The van der Waals surface area contributed by atoms with E-state index in [0.717, 1.165) is 0 Å². The van der Waals surface area contributed by atoms with Crippen molar-refractivity contribution in [3.8, 4) is 17.2 Å². The predicted octanol–water partition coefficient (Wildman–Crippen LogP) is 4.16. The van der Waals surface area contributed by atoms with Crippen molar-refractivity contribution in [1.82, 2.24) is 0 Å². The summed E-state index contributed by atoms with van der Waals surface area (Å²) in [5, 5.41) is 8.83. The molecule has 0 aliphatic rings. The zero-order valence-corrected chi connectivity index (χ0v) is 9.30. The lowest BCUT2D eigenvalue weighted by atomic mass is 10.00. The van der Waals surface area contributed by atoms with Crippen molar-refractivity contribution in [2.24, 2.45) is 0 Å². The van der Waals surface area contributed by atoms with Gasteiger partial charge in [0.2, 0.25) is 0 Å². The maximum Gasteiger partial charge on any atom is 0.141 e. The van der Waals surface area contributed by atoms with Crippen LogP contribution in [0.2, 0.25) is 5.02 Å². The third-order valence-electron chi connectivity index (χ3n) is 2.36. The first kappa shape index (κ1) is 11.6. The number of nitriles is 1. The zero-order chi connectivity index (χ0) is 12.4. The quantitative estimate of drug-likeness (QED) is 0.745. The number of hydrogen-bond donors (Lipinski definition) is 0.